The van der Waals surface area contributed by atoms with Crippen molar-refractivity contribution in [2.75, 3.05) is 13.1 Å². The summed E-state index contributed by atoms with van der Waals surface area (Å²) in [6.45, 7) is 4.62. The maximum Gasteiger partial charge on any atom is 0.272 e. The van der Waals surface area contributed by atoms with Crippen LogP contribution in [-0.4, -0.2) is 23.6 Å². The molecule has 4 heteroatoms. The third-order valence-electron chi connectivity index (χ3n) is 5.17. The number of fused-ring (bicyclic) bond motifs is 3. The van der Waals surface area contributed by atoms with Gasteiger partial charge in [0.15, 0.2) is 6.54 Å². The Kier molecular flexibility index (Phi) is 2.82. The van der Waals surface area contributed by atoms with Crippen molar-refractivity contribution in [3.63, 3.8) is 0 Å². The van der Waals surface area contributed by atoms with E-state index in [0.717, 1.165) is 13.1 Å². The molecule has 1 unspecified atom stereocenters. The molecule has 2 atom stereocenters. The summed E-state index contributed by atoms with van der Waals surface area (Å²) in [5.74, 6) is -0.183. The molecule has 1 aromatic carbocycles. The Morgan fingerprint density at radius 1 is 1.48 bits per heavy atom. The molecule has 110 valence electrons. The lowest BCUT2D eigenvalue weighted by atomic mass is 9.89. The summed E-state index contributed by atoms with van der Waals surface area (Å²) in [4.78, 5) is 12.7. The third-order valence-corrected chi connectivity index (χ3v) is 5.17. The van der Waals surface area contributed by atoms with Crippen LogP contribution in [-0.2, 0) is 17.8 Å². The second kappa shape index (κ2) is 4.60. The van der Waals surface area contributed by atoms with Gasteiger partial charge in [0.2, 0.25) is 0 Å². The summed E-state index contributed by atoms with van der Waals surface area (Å²) < 4.78 is 2.50. The SMILES string of the molecule is Cc1ccc2c(c1)c1c3n2CC[NH+](CC(N)=O)[C@H]3CCC1. The Labute approximate surface area is 124 Å². The number of rotatable bonds is 2. The van der Waals surface area contributed by atoms with Crippen LogP contribution in [0.3, 0.4) is 0 Å². The van der Waals surface area contributed by atoms with E-state index < -0.39 is 0 Å². The number of quaternary nitrogens is 1. The summed E-state index contributed by atoms with van der Waals surface area (Å²) in [7, 11) is 0. The predicted octanol–water partition coefficient (Wildman–Crippen LogP) is 0.711. The monoisotopic (exact) mass is 284 g/mol. The Morgan fingerprint density at radius 3 is 3.14 bits per heavy atom. The molecule has 1 amide bonds. The third kappa shape index (κ3) is 1.89. The first-order chi connectivity index (χ1) is 10.1. The number of hydrogen-bond donors (Lipinski definition) is 2. The molecule has 0 fully saturated rings. The molecule has 1 aliphatic heterocycles. The van der Waals surface area contributed by atoms with Crippen molar-refractivity contribution in [1.29, 1.82) is 0 Å². The highest BCUT2D eigenvalue weighted by Crippen LogP contribution is 2.37. The van der Waals surface area contributed by atoms with E-state index in [1.165, 1.54) is 51.9 Å². The first-order valence-corrected chi connectivity index (χ1v) is 7.89. The van der Waals surface area contributed by atoms with E-state index in [1.807, 2.05) is 0 Å². The van der Waals surface area contributed by atoms with Crippen LogP contribution in [0, 0.1) is 6.92 Å². The van der Waals surface area contributed by atoms with Gasteiger partial charge in [-0.1, -0.05) is 11.6 Å². The fourth-order valence-corrected chi connectivity index (χ4v) is 4.34. The first kappa shape index (κ1) is 12.9. The summed E-state index contributed by atoms with van der Waals surface area (Å²) >= 11 is 0. The van der Waals surface area contributed by atoms with Gasteiger partial charge < -0.3 is 15.2 Å². The minimum absolute atomic E-state index is 0.183. The average molecular weight is 284 g/mol. The van der Waals surface area contributed by atoms with Gasteiger partial charge in [-0.05, 0) is 37.5 Å². The molecule has 1 aromatic heterocycles. The predicted molar refractivity (Wildman–Crippen MR) is 82.2 cm³/mol. The van der Waals surface area contributed by atoms with Crippen LogP contribution in [0.4, 0.5) is 0 Å². The van der Waals surface area contributed by atoms with Crippen LogP contribution in [0.5, 0.6) is 0 Å². The van der Waals surface area contributed by atoms with Gasteiger partial charge in [-0.2, -0.15) is 0 Å². The maximum absolute atomic E-state index is 11.4. The zero-order valence-corrected chi connectivity index (χ0v) is 12.5. The number of hydrogen-bond acceptors (Lipinski definition) is 1. The number of nitrogens with one attached hydrogen (secondary N) is 1. The van der Waals surface area contributed by atoms with Crippen LogP contribution < -0.4 is 10.6 Å². The minimum atomic E-state index is -0.183. The van der Waals surface area contributed by atoms with E-state index in [0.29, 0.717) is 12.6 Å². The standard InChI is InChI=1S/C17H21N3O/c1-11-5-6-14-13(9-11)12-3-2-4-15-17(12)20(14)8-7-19(15)10-16(18)21/h5-6,9,15H,2-4,7-8,10H2,1H3,(H2,18,21)/p+1/t15-/m0/s1. The second-order valence-corrected chi connectivity index (χ2v) is 6.53. The Balaban J connectivity index is 1.90. The van der Waals surface area contributed by atoms with Crippen molar-refractivity contribution >= 4 is 16.8 Å². The molecule has 4 nitrogen and oxygen atoms in total. The van der Waals surface area contributed by atoms with Crippen LogP contribution in [0.15, 0.2) is 18.2 Å². The lowest BCUT2D eigenvalue weighted by Crippen LogP contribution is -3.14. The van der Waals surface area contributed by atoms with Gasteiger partial charge in [0, 0.05) is 17.3 Å². The number of nitrogens with zero attached hydrogens (tertiary/aromatic N) is 1. The van der Waals surface area contributed by atoms with Gasteiger partial charge in [-0.3, -0.25) is 4.79 Å². The molecule has 4 rings (SSSR count). The molecule has 2 aromatic rings. The number of aromatic nitrogens is 1. The Bertz CT molecular complexity index is 731. The summed E-state index contributed by atoms with van der Waals surface area (Å²) in [5.41, 5.74) is 11.1. The Hall–Kier alpha value is -1.81. The smallest absolute Gasteiger partial charge is 0.272 e. The van der Waals surface area contributed by atoms with Crippen LogP contribution in [0.2, 0.25) is 0 Å². The molecule has 0 saturated heterocycles. The average Bonchev–Trinajstić information content (AvgIpc) is 2.77. The van der Waals surface area contributed by atoms with Gasteiger partial charge in [0.25, 0.3) is 5.91 Å². The number of nitrogens with two attached hydrogens (primary N) is 1. The highest BCUT2D eigenvalue weighted by Gasteiger charge is 2.38. The van der Waals surface area contributed by atoms with Crippen molar-refractivity contribution in [1.82, 2.24) is 4.57 Å². The van der Waals surface area contributed by atoms with E-state index in [9.17, 15) is 4.79 Å². The van der Waals surface area contributed by atoms with E-state index >= 15 is 0 Å². The highest BCUT2D eigenvalue weighted by molar-refractivity contribution is 5.87. The summed E-state index contributed by atoms with van der Waals surface area (Å²) in [6.07, 6.45) is 3.56. The largest absolute Gasteiger partial charge is 0.365 e. The molecule has 21 heavy (non-hydrogen) atoms. The summed E-state index contributed by atoms with van der Waals surface area (Å²) in [5, 5.41) is 1.43. The van der Waals surface area contributed by atoms with Crippen LogP contribution in [0.1, 0.15) is 35.7 Å². The number of carbonyl (C=O) groups is 1. The lowest BCUT2D eigenvalue weighted by Gasteiger charge is -2.36. The number of benzene rings is 1. The highest BCUT2D eigenvalue weighted by atomic mass is 16.1. The van der Waals surface area contributed by atoms with E-state index in [2.05, 4.69) is 29.7 Å². The van der Waals surface area contributed by atoms with Crippen molar-refractivity contribution in [3.8, 4) is 0 Å². The fraction of sp³-hybridized carbons (Fsp3) is 0.471. The van der Waals surface area contributed by atoms with Crippen molar-refractivity contribution in [2.24, 2.45) is 5.73 Å². The maximum atomic E-state index is 11.4. The quantitative estimate of drug-likeness (QED) is 0.838. The van der Waals surface area contributed by atoms with E-state index in [4.69, 9.17) is 5.73 Å². The van der Waals surface area contributed by atoms with E-state index in [1.54, 1.807) is 0 Å². The number of primary amides is 1. The van der Waals surface area contributed by atoms with Crippen LogP contribution in [0.25, 0.3) is 10.9 Å². The van der Waals surface area contributed by atoms with Crippen molar-refractivity contribution < 1.29 is 9.69 Å². The lowest BCUT2D eigenvalue weighted by molar-refractivity contribution is -0.929. The Morgan fingerprint density at radius 2 is 2.33 bits per heavy atom. The van der Waals surface area contributed by atoms with Crippen molar-refractivity contribution in [2.45, 2.75) is 38.8 Å². The van der Waals surface area contributed by atoms with Crippen LogP contribution >= 0.6 is 0 Å². The second-order valence-electron chi connectivity index (χ2n) is 6.53. The molecular formula is C17H22N3O+. The molecule has 0 spiro atoms. The zero-order chi connectivity index (χ0) is 14.6. The number of aryl methyl sites for hydroxylation is 2. The molecule has 1 aliphatic carbocycles. The first-order valence-electron chi connectivity index (χ1n) is 7.89. The minimum Gasteiger partial charge on any atom is -0.365 e. The fourth-order valence-electron chi connectivity index (χ4n) is 4.34. The molecular weight excluding hydrogens is 262 g/mol. The van der Waals surface area contributed by atoms with Gasteiger partial charge in [0.1, 0.15) is 6.04 Å². The molecule has 0 radical (unpaired) electrons. The topological polar surface area (TPSA) is 52.5 Å². The summed E-state index contributed by atoms with van der Waals surface area (Å²) in [6, 6.07) is 7.24. The van der Waals surface area contributed by atoms with Gasteiger partial charge in [0.05, 0.1) is 18.8 Å². The van der Waals surface area contributed by atoms with Gasteiger partial charge >= 0.3 is 0 Å². The molecule has 0 bridgehead atoms. The number of carbonyl (C=O) groups excluding carboxylic acids is 1. The van der Waals surface area contributed by atoms with Crippen molar-refractivity contribution in [3.05, 3.63) is 35.0 Å². The zero-order valence-electron chi connectivity index (χ0n) is 12.5. The van der Waals surface area contributed by atoms with Gasteiger partial charge in [-0.25, -0.2) is 0 Å². The normalized spacial score (nSPS) is 24.0. The van der Waals surface area contributed by atoms with E-state index in [-0.39, 0.29) is 5.91 Å². The molecule has 2 aliphatic rings. The van der Waals surface area contributed by atoms with Gasteiger partial charge in [-0.15, -0.1) is 0 Å². The molecule has 2 heterocycles. The molecule has 0 saturated carbocycles. The number of amides is 1. The molecule has 3 N–H and O–H groups in total.